The average molecular weight is 480 g/mol. The Balaban J connectivity index is 1.50. The molecule has 1 N–H and O–H groups in total. The molecule has 0 aliphatic carbocycles. The molecular formula is C26H29N3O6. The number of carbonyl (C=O) groups is 2. The van der Waals surface area contributed by atoms with Gasteiger partial charge in [0.15, 0.2) is 11.5 Å². The van der Waals surface area contributed by atoms with E-state index in [1.165, 1.54) is 12.0 Å². The summed E-state index contributed by atoms with van der Waals surface area (Å²) in [7, 11) is 1.54. The van der Waals surface area contributed by atoms with Crippen LogP contribution in [0, 0.1) is 0 Å². The van der Waals surface area contributed by atoms with Gasteiger partial charge < -0.3 is 33.7 Å². The third-order valence-electron chi connectivity index (χ3n) is 5.63. The standard InChI is InChI=1S/C26H29N3O6/c1-18(2)29(26(31)27-21-8-4-5-9-22(21)32-3)16-25(30)28(15-20-7-6-12-33-20)14-19-10-11-23-24(13-19)35-17-34-23/h4-13,18H,14-17H2,1-3H3,(H,27,31). The highest BCUT2D eigenvalue weighted by Crippen LogP contribution is 2.33. The minimum Gasteiger partial charge on any atom is -0.495 e. The first-order chi connectivity index (χ1) is 16.9. The highest BCUT2D eigenvalue weighted by atomic mass is 16.7. The summed E-state index contributed by atoms with van der Waals surface area (Å²) in [5.74, 6) is 2.29. The van der Waals surface area contributed by atoms with Crippen LogP contribution in [-0.2, 0) is 17.9 Å². The molecule has 0 unspecified atom stereocenters. The molecule has 3 amide bonds. The summed E-state index contributed by atoms with van der Waals surface area (Å²) in [6, 6.07) is 15.7. The largest absolute Gasteiger partial charge is 0.495 e. The number of hydrogen-bond donors (Lipinski definition) is 1. The summed E-state index contributed by atoms with van der Waals surface area (Å²) in [5.41, 5.74) is 1.41. The number of furan rings is 1. The van der Waals surface area contributed by atoms with E-state index >= 15 is 0 Å². The molecule has 1 aliphatic heterocycles. The van der Waals surface area contributed by atoms with E-state index < -0.39 is 0 Å². The van der Waals surface area contributed by atoms with Crippen molar-refractivity contribution in [2.75, 3.05) is 25.8 Å². The Morgan fingerprint density at radius 1 is 1.03 bits per heavy atom. The second-order valence-corrected chi connectivity index (χ2v) is 8.37. The molecular weight excluding hydrogens is 450 g/mol. The maximum atomic E-state index is 13.5. The van der Waals surface area contributed by atoms with E-state index in [9.17, 15) is 9.59 Å². The molecule has 0 atom stereocenters. The van der Waals surface area contributed by atoms with Crippen LogP contribution in [0.5, 0.6) is 17.2 Å². The summed E-state index contributed by atoms with van der Waals surface area (Å²) >= 11 is 0. The van der Waals surface area contributed by atoms with Gasteiger partial charge in [0.1, 0.15) is 18.1 Å². The second-order valence-electron chi connectivity index (χ2n) is 8.37. The summed E-state index contributed by atoms with van der Waals surface area (Å²) < 4.78 is 21.7. The molecule has 9 nitrogen and oxygen atoms in total. The highest BCUT2D eigenvalue weighted by molar-refractivity contribution is 5.93. The number of urea groups is 1. The number of nitrogens with one attached hydrogen (secondary N) is 1. The number of nitrogens with zero attached hydrogens (tertiary/aromatic N) is 2. The third-order valence-corrected chi connectivity index (χ3v) is 5.63. The Morgan fingerprint density at radius 3 is 2.57 bits per heavy atom. The van der Waals surface area contributed by atoms with Crippen molar-refractivity contribution in [3.63, 3.8) is 0 Å². The normalized spacial score (nSPS) is 11.9. The van der Waals surface area contributed by atoms with Crippen LogP contribution in [0.25, 0.3) is 0 Å². The van der Waals surface area contributed by atoms with Gasteiger partial charge in [-0.15, -0.1) is 0 Å². The first-order valence-electron chi connectivity index (χ1n) is 11.3. The quantitative estimate of drug-likeness (QED) is 0.486. The van der Waals surface area contributed by atoms with Gasteiger partial charge >= 0.3 is 6.03 Å². The second kappa shape index (κ2) is 10.9. The van der Waals surface area contributed by atoms with E-state index in [0.29, 0.717) is 35.2 Å². The van der Waals surface area contributed by atoms with Crippen molar-refractivity contribution >= 4 is 17.6 Å². The Kier molecular flexibility index (Phi) is 7.45. The third kappa shape index (κ3) is 5.87. The van der Waals surface area contributed by atoms with Crippen LogP contribution in [0.1, 0.15) is 25.2 Å². The zero-order valence-corrected chi connectivity index (χ0v) is 20.0. The van der Waals surface area contributed by atoms with Gasteiger partial charge in [0.2, 0.25) is 12.7 Å². The zero-order valence-electron chi connectivity index (χ0n) is 20.0. The van der Waals surface area contributed by atoms with Crippen LogP contribution >= 0.6 is 0 Å². The van der Waals surface area contributed by atoms with Gasteiger partial charge in [-0.1, -0.05) is 18.2 Å². The van der Waals surface area contributed by atoms with Crippen LogP contribution in [0.15, 0.2) is 65.3 Å². The van der Waals surface area contributed by atoms with Crippen LogP contribution in [-0.4, -0.2) is 48.2 Å². The van der Waals surface area contributed by atoms with Gasteiger partial charge in [0.25, 0.3) is 0 Å². The van der Waals surface area contributed by atoms with E-state index in [1.807, 2.05) is 44.2 Å². The molecule has 0 saturated heterocycles. The number of carbonyl (C=O) groups excluding carboxylic acids is 2. The fraction of sp³-hybridized carbons (Fsp3) is 0.308. The predicted octanol–water partition coefficient (Wildman–Crippen LogP) is 4.49. The summed E-state index contributed by atoms with van der Waals surface area (Å²) in [6.45, 7) is 4.38. The smallest absolute Gasteiger partial charge is 0.322 e. The Labute approximate surface area is 204 Å². The minimum atomic E-state index is -0.390. The van der Waals surface area contributed by atoms with Crippen LogP contribution in [0.4, 0.5) is 10.5 Å². The van der Waals surface area contributed by atoms with E-state index in [2.05, 4.69) is 5.32 Å². The van der Waals surface area contributed by atoms with Crippen molar-refractivity contribution in [1.29, 1.82) is 0 Å². The number of anilines is 1. The van der Waals surface area contributed by atoms with Crippen LogP contribution in [0.2, 0.25) is 0 Å². The Morgan fingerprint density at radius 2 is 1.83 bits per heavy atom. The molecule has 9 heteroatoms. The van der Waals surface area contributed by atoms with Crippen molar-refractivity contribution < 1.29 is 28.2 Å². The van der Waals surface area contributed by atoms with E-state index in [-0.39, 0.29) is 37.9 Å². The maximum absolute atomic E-state index is 13.5. The van der Waals surface area contributed by atoms with Gasteiger partial charge in [-0.05, 0) is 55.8 Å². The summed E-state index contributed by atoms with van der Waals surface area (Å²) in [6.07, 6.45) is 1.57. The van der Waals surface area contributed by atoms with Crippen molar-refractivity contribution in [1.82, 2.24) is 9.80 Å². The van der Waals surface area contributed by atoms with E-state index in [1.54, 1.807) is 35.4 Å². The van der Waals surface area contributed by atoms with Crippen molar-refractivity contribution in [3.05, 3.63) is 72.2 Å². The lowest BCUT2D eigenvalue weighted by molar-refractivity contribution is -0.133. The van der Waals surface area contributed by atoms with Gasteiger partial charge in [-0.2, -0.15) is 0 Å². The number of fused-ring (bicyclic) bond motifs is 1. The van der Waals surface area contributed by atoms with E-state index in [0.717, 1.165) is 5.56 Å². The predicted molar refractivity (Wildman–Crippen MR) is 129 cm³/mol. The van der Waals surface area contributed by atoms with Crippen molar-refractivity contribution in [2.24, 2.45) is 0 Å². The average Bonchev–Trinajstić information content (AvgIpc) is 3.53. The number of benzene rings is 2. The molecule has 184 valence electrons. The lowest BCUT2D eigenvalue weighted by Gasteiger charge is -2.30. The van der Waals surface area contributed by atoms with Crippen molar-refractivity contribution in [3.8, 4) is 17.2 Å². The van der Waals surface area contributed by atoms with Crippen molar-refractivity contribution in [2.45, 2.75) is 33.0 Å². The van der Waals surface area contributed by atoms with E-state index in [4.69, 9.17) is 18.6 Å². The first kappa shape index (κ1) is 24.0. The van der Waals surface area contributed by atoms with Gasteiger partial charge in [-0.3, -0.25) is 4.79 Å². The molecule has 0 radical (unpaired) electrons. The highest BCUT2D eigenvalue weighted by Gasteiger charge is 2.25. The molecule has 0 fully saturated rings. The number of ether oxygens (including phenoxy) is 3. The molecule has 2 aromatic carbocycles. The monoisotopic (exact) mass is 479 g/mol. The number of para-hydroxylation sites is 2. The summed E-state index contributed by atoms with van der Waals surface area (Å²) in [4.78, 5) is 29.8. The fourth-order valence-corrected chi connectivity index (χ4v) is 3.75. The first-order valence-corrected chi connectivity index (χ1v) is 11.3. The lowest BCUT2D eigenvalue weighted by Crippen LogP contribution is -2.47. The fourth-order valence-electron chi connectivity index (χ4n) is 3.75. The summed E-state index contributed by atoms with van der Waals surface area (Å²) in [5, 5.41) is 2.85. The Hall–Kier alpha value is -4.14. The minimum absolute atomic E-state index is 0.107. The molecule has 1 aliphatic rings. The van der Waals surface area contributed by atoms with Crippen LogP contribution in [0.3, 0.4) is 0 Å². The molecule has 2 heterocycles. The molecule has 0 spiro atoms. The Bertz CT molecular complexity index is 1160. The molecule has 35 heavy (non-hydrogen) atoms. The van der Waals surface area contributed by atoms with Gasteiger partial charge in [0.05, 0.1) is 25.6 Å². The number of amides is 3. The zero-order chi connectivity index (χ0) is 24.8. The van der Waals surface area contributed by atoms with Gasteiger partial charge in [-0.25, -0.2) is 4.79 Å². The lowest BCUT2D eigenvalue weighted by atomic mass is 10.1. The molecule has 0 bridgehead atoms. The maximum Gasteiger partial charge on any atom is 0.322 e. The molecule has 4 rings (SSSR count). The number of hydrogen-bond acceptors (Lipinski definition) is 6. The molecule has 1 aromatic heterocycles. The molecule has 3 aromatic rings. The molecule has 0 saturated carbocycles. The van der Waals surface area contributed by atoms with Crippen LogP contribution < -0.4 is 19.5 Å². The SMILES string of the molecule is COc1ccccc1NC(=O)N(CC(=O)N(Cc1ccc2c(c1)OCO2)Cc1ccco1)C(C)C. The topological polar surface area (TPSA) is 93.5 Å². The number of methoxy groups -OCH3 is 1. The van der Waals surface area contributed by atoms with Gasteiger partial charge in [0, 0.05) is 12.6 Å². The number of rotatable bonds is 9.